The predicted octanol–water partition coefficient (Wildman–Crippen LogP) is 1.21. The van der Waals surface area contributed by atoms with Crippen LogP contribution in [0.25, 0.3) is 6.08 Å². The molecule has 8 heteroatoms. The number of hydrogen-bond donors (Lipinski definition) is 0. The maximum absolute atomic E-state index is 12.3. The molecule has 0 spiro atoms. The molecule has 1 aliphatic heterocycles. The molecule has 0 aliphatic carbocycles. The van der Waals surface area contributed by atoms with Crippen LogP contribution in [0.1, 0.15) is 12.5 Å². The van der Waals surface area contributed by atoms with Crippen LogP contribution in [0.2, 0.25) is 0 Å². The summed E-state index contributed by atoms with van der Waals surface area (Å²) in [5, 5.41) is 0. The molecular formula is C17H24N2O5S. The fraction of sp³-hybridized carbons (Fsp3) is 0.471. The minimum atomic E-state index is -3.21. The van der Waals surface area contributed by atoms with Crippen molar-refractivity contribution < 1.29 is 22.7 Å². The van der Waals surface area contributed by atoms with Crippen LogP contribution in [0, 0.1) is 0 Å². The topological polar surface area (TPSA) is 76.2 Å². The summed E-state index contributed by atoms with van der Waals surface area (Å²) < 4.78 is 35.3. The van der Waals surface area contributed by atoms with E-state index in [1.807, 2.05) is 31.2 Å². The highest BCUT2D eigenvalue weighted by atomic mass is 32.2. The van der Waals surface area contributed by atoms with Crippen molar-refractivity contribution in [2.24, 2.45) is 0 Å². The van der Waals surface area contributed by atoms with Crippen LogP contribution in [0.3, 0.4) is 0 Å². The molecule has 138 valence electrons. The first-order chi connectivity index (χ1) is 11.8. The van der Waals surface area contributed by atoms with Gasteiger partial charge in [0.25, 0.3) is 5.91 Å². The number of amides is 1. The maximum atomic E-state index is 12.3. The van der Waals surface area contributed by atoms with Gasteiger partial charge in [-0.3, -0.25) is 4.79 Å². The van der Waals surface area contributed by atoms with E-state index < -0.39 is 10.0 Å². The van der Waals surface area contributed by atoms with E-state index in [1.165, 1.54) is 10.6 Å². The monoisotopic (exact) mass is 368 g/mol. The summed E-state index contributed by atoms with van der Waals surface area (Å²) in [7, 11) is -1.66. The van der Waals surface area contributed by atoms with Crippen LogP contribution in [0.4, 0.5) is 0 Å². The van der Waals surface area contributed by atoms with Crippen molar-refractivity contribution in [1.82, 2.24) is 9.21 Å². The Balaban J connectivity index is 1.92. The molecule has 25 heavy (non-hydrogen) atoms. The number of nitrogens with zero attached hydrogens (tertiary/aromatic N) is 2. The van der Waals surface area contributed by atoms with Gasteiger partial charge in [0.15, 0.2) is 18.1 Å². The zero-order valence-corrected chi connectivity index (χ0v) is 15.6. The number of rotatable bonds is 6. The SMILES string of the molecule is C/C=C/c1ccc(OCC(=O)N2CCN(S(C)(=O)=O)CC2)c(OC)c1. The van der Waals surface area contributed by atoms with Crippen LogP contribution >= 0.6 is 0 Å². The molecule has 1 fully saturated rings. The van der Waals surface area contributed by atoms with Crippen molar-refractivity contribution in [3.63, 3.8) is 0 Å². The van der Waals surface area contributed by atoms with E-state index in [0.717, 1.165) is 5.56 Å². The Morgan fingerprint density at radius 3 is 2.44 bits per heavy atom. The summed E-state index contributed by atoms with van der Waals surface area (Å²) in [5.41, 5.74) is 0.981. The van der Waals surface area contributed by atoms with E-state index in [0.29, 0.717) is 37.7 Å². The van der Waals surface area contributed by atoms with Gasteiger partial charge in [-0.05, 0) is 24.6 Å². The molecule has 1 amide bonds. The Labute approximate surface area is 148 Å². The van der Waals surface area contributed by atoms with E-state index in [2.05, 4.69) is 0 Å². The second kappa shape index (κ2) is 8.35. The third-order valence-corrected chi connectivity index (χ3v) is 5.26. The van der Waals surface area contributed by atoms with Gasteiger partial charge in [0.2, 0.25) is 10.0 Å². The molecule has 1 heterocycles. The van der Waals surface area contributed by atoms with Crippen LogP contribution in [-0.2, 0) is 14.8 Å². The van der Waals surface area contributed by atoms with E-state index in [-0.39, 0.29) is 12.5 Å². The zero-order chi connectivity index (χ0) is 18.4. The molecule has 0 unspecified atom stereocenters. The first kappa shape index (κ1) is 19.3. The molecule has 1 saturated heterocycles. The first-order valence-corrected chi connectivity index (χ1v) is 9.86. The molecule has 0 atom stereocenters. The molecule has 1 aromatic rings. The Morgan fingerprint density at radius 1 is 1.20 bits per heavy atom. The maximum Gasteiger partial charge on any atom is 0.260 e. The van der Waals surface area contributed by atoms with Crippen LogP contribution in [0.15, 0.2) is 24.3 Å². The van der Waals surface area contributed by atoms with Gasteiger partial charge in [-0.2, -0.15) is 4.31 Å². The largest absolute Gasteiger partial charge is 0.493 e. The molecule has 1 aromatic carbocycles. The summed E-state index contributed by atoms with van der Waals surface area (Å²) in [4.78, 5) is 13.9. The summed E-state index contributed by atoms with van der Waals surface area (Å²) in [6, 6.07) is 5.49. The standard InChI is InChI=1S/C17H24N2O5S/c1-4-5-14-6-7-15(16(12-14)23-2)24-13-17(20)18-8-10-19(11-9-18)25(3,21)22/h4-7,12H,8-11,13H2,1-3H3/b5-4+. The molecule has 0 N–H and O–H groups in total. The van der Waals surface area contributed by atoms with Gasteiger partial charge >= 0.3 is 0 Å². The highest BCUT2D eigenvalue weighted by Crippen LogP contribution is 2.28. The van der Waals surface area contributed by atoms with Gasteiger partial charge in [0, 0.05) is 26.2 Å². The lowest BCUT2D eigenvalue weighted by molar-refractivity contribution is -0.134. The van der Waals surface area contributed by atoms with E-state index in [1.54, 1.807) is 18.1 Å². The highest BCUT2D eigenvalue weighted by Gasteiger charge is 2.26. The average molecular weight is 368 g/mol. The summed E-state index contributed by atoms with van der Waals surface area (Å²) in [6.45, 7) is 3.18. The first-order valence-electron chi connectivity index (χ1n) is 8.01. The van der Waals surface area contributed by atoms with Crippen molar-refractivity contribution in [1.29, 1.82) is 0 Å². The molecule has 7 nitrogen and oxygen atoms in total. The Bertz CT molecular complexity index is 737. The van der Waals surface area contributed by atoms with Gasteiger partial charge in [-0.1, -0.05) is 18.2 Å². The van der Waals surface area contributed by atoms with Gasteiger partial charge < -0.3 is 14.4 Å². The summed E-state index contributed by atoms with van der Waals surface area (Å²) in [6.07, 6.45) is 5.05. The highest BCUT2D eigenvalue weighted by molar-refractivity contribution is 7.88. The minimum Gasteiger partial charge on any atom is -0.493 e. The van der Waals surface area contributed by atoms with E-state index in [4.69, 9.17) is 9.47 Å². The number of benzene rings is 1. The number of sulfonamides is 1. The predicted molar refractivity (Wildman–Crippen MR) is 96.2 cm³/mol. The molecule has 1 aliphatic rings. The summed E-state index contributed by atoms with van der Waals surface area (Å²) in [5.74, 6) is 0.886. The molecule has 2 rings (SSSR count). The Morgan fingerprint density at radius 2 is 1.88 bits per heavy atom. The van der Waals surface area contributed by atoms with E-state index >= 15 is 0 Å². The molecular weight excluding hydrogens is 344 g/mol. The number of ether oxygens (including phenoxy) is 2. The number of carbonyl (C=O) groups excluding carboxylic acids is 1. The Hall–Kier alpha value is -2.06. The molecule has 0 radical (unpaired) electrons. The lowest BCUT2D eigenvalue weighted by atomic mass is 10.2. The van der Waals surface area contributed by atoms with Crippen molar-refractivity contribution in [3.05, 3.63) is 29.8 Å². The lowest BCUT2D eigenvalue weighted by Gasteiger charge is -2.33. The number of piperazine rings is 1. The quantitative estimate of drug-likeness (QED) is 0.754. The second-order valence-corrected chi connectivity index (χ2v) is 7.72. The van der Waals surface area contributed by atoms with Crippen LogP contribution < -0.4 is 9.47 Å². The minimum absolute atomic E-state index is 0.113. The van der Waals surface area contributed by atoms with Crippen molar-refractivity contribution in [3.8, 4) is 11.5 Å². The zero-order valence-electron chi connectivity index (χ0n) is 14.8. The fourth-order valence-electron chi connectivity index (χ4n) is 2.60. The van der Waals surface area contributed by atoms with Gasteiger partial charge in [0.05, 0.1) is 13.4 Å². The van der Waals surface area contributed by atoms with Gasteiger partial charge in [-0.15, -0.1) is 0 Å². The molecule has 0 saturated carbocycles. The number of hydrogen-bond acceptors (Lipinski definition) is 5. The normalized spacial score (nSPS) is 16.2. The number of carbonyl (C=O) groups is 1. The molecule has 0 aromatic heterocycles. The van der Waals surface area contributed by atoms with E-state index in [9.17, 15) is 13.2 Å². The van der Waals surface area contributed by atoms with Gasteiger partial charge in [-0.25, -0.2) is 8.42 Å². The third kappa shape index (κ3) is 5.20. The second-order valence-electron chi connectivity index (χ2n) is 5.74. The average Bonchev–Trinajstić information content (AvgIpc) is 2.59. The van der Waals surface area contributed by atoms with Crippen LogP contribution in [-0.4, -0.2) is 69.7 Å². The van der Waals surface area contributed by atoms with Crippen molar-refractivity contribution >= 4 is 22.0 Å². The van der Waals surface area contributed by atoms with Crippen molar-refractivity contribution in [2.75, 3.05) is 46.2 Å². The van der Waals surface area contributed by atoms with Crippen molar-refractivity contribution in [2.45, 2.75) is 6.92 Å². The number of allylic oxidation sites excluding steroid dienone is 1. The number of methoxy groups -OCH3 is 1. The van der Waals surface area contributed by atoms with Crippen LogP contribution in [0.5, 0.6) is 11.5 Å². The lowest BCUT2D eigenvalue weighted by Crippen LogP contribution is -2.51. The third-order valence-electron chi connectivity index (χ3n) is 3.96. The smallest absolute Gasteiger partial charge is 0.260 e. The molecule has 0 bridgehead atoms. The summed E-state index contributed by atoms with van der Waals surface area (Å²) >= 11 is 0. The fourth-order valence-corrected chi connectivity index (χ4v) is 3.43. The van der Waals surface area contributed by atoms with Gasteiger partial charge in [0.1, 0.15) is 0 Å². The Kier molecular flexibility index (Phi) is 6.44.